The number of anilines is 1. The Morgan fingerprint density at radius 2 is 1.83 bits per heavy atom. The molecule has 1 aliphatic rings. The maximum absolute atomic E-state index is 12.9. The van der Waals surface area contributed by atoms with Gasteiger partial charge in [0, 0.05) is 24.9 Å². The van der Waals surface area contributed by atoms with Gasteiger partial charge in [0.1, 0.15) is 11.9 Å². The summed E-state index contributed by atoms with van der Waals surface area (Å²) < 4.78 is 10.6. The first-order chi connectivity index (χ1) is 11.3. The van der Waals surface area contributed by atoms with Gasteiger partial charge in [0.2, 0.25) is 0 Å². The molecule has 0 unspecified atom stereocenters. The quantitative estimate of drug-likeness (QED) is 0.922. The molecule has 1 amide bonds. The van der Waals surface area contributed by atoms with Gasteiger partial charge in [-0.1, -0.05) is 30.3 Å². The number of ether oxygens (including phenoxy) is 2. The third kappa shape index (κ3) is 2.87. The van der Waals surface area contributed by atoms with Gasteiger partial charge in [-0.05, 0) is 18.2 Å². The van der Waals surface area contributed by atoms with E-state index in [-0.39, 0.29) is 12.1 Å². The lowest BCUT2D eigenvalue weighted by atomic mass is 10.0. The number of fused-ring (bicyclic) bond motifs is 1. The molecule has 3 rings (SSSR count). The van der Waals surface area contributed by atoms with Gasteiger partial charge < -0.3 is 19.7 Å². The number of amides is 1. The van der Waals surface area contributed by atoms with Gasteiger partial charge in [0.15, 0.2) is 0 Å². The number of carbonyl (C=O) groups excluding carboxylic acids is 1. The largest absolute Gasteiger partial charge is 0.496 e. The molecule has 2 aromatic rings. The molecule has 1 atom stereocenters. The molecule has 0 aliphatic carbocycles. The fourth-order valence-corrected chi connectivity index (χ4v) is 2.85. The summed E-state index contributed by atoms with van der Waals surface area (Å²) in [5, 5.41) is 3.45. The van der Waals surface area contributed by atoms with E-state index < -0.39 is 0 Å². The average Bonchev–Trinajstić information content (AvgIpc) is 2.61. The Hall–Kier alpha value is -2.53. The van der Waals surface area contributed by atoms with Crippen LogP contribution in [-0.4, -0.2) is 38.2 Å². The van der Waals surface area contributed by atoms with Crippen molar-refractivity contribution in [3.8, 4) is 5.75 Å². The minimum Gasteiger partial charge on any atom is -0.496 e. The molecular formula is C18H20N2O3. The molecule has 5 nitrogen and oxygen atoms in total. The number of nitrogens with one attached hydrogen (secondary N) is 1. The molecular weight excluding hydrogens is 292 g/mol. The van der Waals surface area contributed by atoms with Gasteiger partial charge in [-0.15, -0.1) is 0 Å². The maximum atomic E-state index is 12.9. The Balaban J connectivity index is 2.04. The van der Waals surface area contributed by atoms with Gasteiger partial charge >= 0.3 is 0 Å². The van der Waals surface area contributed by atoms with Crippen LogP contribution in [0.15, 0.2) is 48.5 Å². The Labute approximate surface area is 135 Å². The SMILES string of the molecule is COCCN1C(=O)c2ccccc2N[C@H]1c1ccccc1OC. The number of hydrogen-bond donors (Lipinski definition) is 1. The van der Waals surface area contributed by atoms with Crippen molar-refractivity contribution < 1.29 is 14.3 Å². The Morgan fingerprint density at radius 1 is 1.09 bits per heavy atom. The fraction of sp³-hybridized carbons (Fsp3) is 0.278. The van der Waals surface area contributed by atoms with E-state index in [4.69, 9.17) is 9.47 Å². The van der Waals surface area contributed by atoms with Crippen LogP contribution in [0.4, 0.5) is 5.69 Å². The molecule has 1 heterocycles. The number of methoxy groups -OCH3 is 2. The third-order valence-corrected chi connectivity index (χ3v) is 3.99. The summed E-state index contributed by atoms with van der Waals surface area (Å²) in [5.74, 6) is 0.743. The molecule has 1 N–H and O–H groups in total. The summed E-state index contributed by atoms with van der Waals surface area (Å²) >= 11 is 0. The van der Waals surface area contributed by atoms with Crippen LogP contribution in [-0.2, 0) is 4.74 Å². The van der Waals surface area contributed by atoms with Crippen molar-refractivity contribution in [1.82, 2.24) is 4.90 Å². The highest BCUT2D eigenvalue weighted by Crippen LogP contribution is 2.36. The van der Waals surface area contributed by atoms with Crippen LogP contribution in [0.25, 0.3) is 0 Å². The molecule has 120 valence electrons. The first-order valence-corrected chi connectivity index (χ1v) is 7.54. The van der Waals surface area contributed by atoms with E-state index in [0.29, 0.717) is 18.7 Å². The van der Waals surface area contributed by atoms with Crippen molar-refractivity contribution in [3.05, 3.63) is 59.7 Å². The van der Waals surface area contributed by atoms with E-state index in [1.165, 1.54) is 0 Å². The molecule has 0 spiro atoms. The maximum Gasteiger partial charge on any atom is 0.257 e. The first-order valence-electron chi connectivity index (χ1n) is 7.54. The molecule has 0 saturated heterocycles. The highest BCUT2D eigenvalue weighted by Gasteiger charge is 2.33. The van der Waals surface area contributed by atoms with Crippen molar-refractivity contribution in [1.29, 1.82) is 0 Å². The van der Waals surface area contributed by atoms with Crippen molar-refractivity contribution in [2.24, 2.45) is 0 Å². The average molecular weight is 312 g/mol. The summed E-state index contributed by atoms with van der Waals surface area (Å²) in [6.45, 7) is 0.973. The van der Waals surface area contributed by atoms with Gasteiger partial charge in [-0.3, -0.25) is 4.79 Å². The third-order valence-electron chi connectivity index (χ3n) is 3.99. The molecule has 23 heavy (non-hydrogen) atoms. The van der Waals surface area contributed by atoms with E-state index >= 15 is 0 Å². The molecule has 0 fully saturated rings. The zero-order valence-corrected chi connectivity index (χ0v) is 13.3. The lowest BCUT2D eigenvalue weighted by Crippen LogP contribution is -2.44. The number of carbonyl (C=O) groups is 1. The monoisotopic (exact) mass is 312 g/mol. The summed E-state index contributed by atoms with van der Waals surface area (Å²) in [4.78, 5) is 14.7. The van der Waals surface area contributed by atoms with Crippen LogP contribution in [0.1, 0.15) is 22.1 Å². The summed E-state index contributed by atoms with van der Waals surface area (Å²) in [6.07, 6.45) is -0.288. The number of nitrogens with zero attached hydrogens (tertiary/aromatic N) is 1. The van der Waals surface area contributed by atoms with E-state index in [1.54, 1.807) is 19.1 Å². The second kappa shape index (κ2) is 6.71. The minimum absolute atomic E-state index is 0.00712. The zero-order chi connectivity index (χ0) is 16.2. The molecule has 2 aromatic carbocycles. The summed E-state index contributed by atoms with van der Waals surface area (Å²) in [5.41, 5.74) is 2.44. The highest BCUT2D eigenvalue weighted by atomic mass is 16.5. The number of hydrogen-bond acceptors (Lipinski definition) is 4. The molecule has 0 radical (unpaired) electrons. The Morgan fingerprint density at radius 3 is 2.61 bits per heavy atom. The van der Waals surface area contributed by atoms with Crippen molar-refractivity contribution in [3.63, 3.8) is 0 Å². The van der Waals surface area contributed by atoms with Gasteiger partial charge in [-0.2, -0.15) is 0 Å². The topological polar surface area (TPSA) is 50.8 Å². The van der Waals surface area contributed by atoms with Crippen LogP contribution in [0.5, 0.6) is 5.75 Å². The Kier molecular flexibility index (Phi) is 4.48. The highest BCUT2D eigenvalue weighted by molar-refractivity contribution is 6.01. The number of benzene rings is 2. The van der Waals surface area contributed by atoms with Crippen LogP contribution < -0.4 is 10.1 Å². The molecule has 0 bridgehead atoms. The number of para-hydroxylation sites is 2. The summed E-state index contributed by atoms with van der Waals surface area (Å²) in [6, 6.07) is 15.3. The van der Waals surface area contributed by atoms with Gasteiger partial charge in [0.05, 0.1) is 19.3 Å². The standard InChI is InChI=1S/C18H20N2O3/c1-22-12-11-20-17(14-8-4-6-10-16(14)23-2)19-15-9-5-3-7-13(15)18(20)21/h3-10,17,19H,11-12H2,1-2H3/t17-/m1/s1. The zero-order valence-electron chi connectivity index (χ0n) is 13.3. The van der Waals surface area contributed by atoms with Crippen molar-refractivity contribution in [2.75, 3.05) is 32.7 Å². The van der Waals surface area contributed by atoms with Crippen LogP contribution in [0.2, 0.25) is 0 Å². The van der Waals surface area contributed by atoms with Gasteiger partial charge in [0.25, 0.3) is 5.91 Å². The predicted octanol–water partition coefficient (Wildman–Crippen LogP) is 2.91. The van der Waals surface area contributed by atoms with Crippen molar-refractivity contribution >= 4 is 11.6 Å². The minimum atomic E-state index is -0.288. The van der Waals surface area contributed by atoms with E-state index in [0.717, 1.165) is 17.0 Å². The molecule has 0 aromatic heterocycles. The van der Waals surface area contributed by atoms with Crippen LogP contribution in [0.3, 0.4) is 0 Å². The summed E-state index contributed by atoms with van der Waals surface area (Å²) in [7, 11) is 3.27. The molecule has 0 saturated carbocycles. The second-order valence-corrected chi connectivity index (χ2v) is 5.33. The van der Waals surface area contributed by atoms with E-state index in [9.17, 15) is 4.79 Å². The van der Waals surface area contributed by atoms with Crippen molar-refractivity contribution in [2.45, 2.75) is 6.17 Å². The van der Waals surface area contributed by atoms with Crippen LogP contribution >= 0.6 is 0 Å². The van der Waals surface area contributed by atoms with Crippen LogP contribution in [0, 0.1) is 0 Å². The number of rotatable bonds is 5. The lowest BCUT2D eigenvalue weighted by molar-refractivity contribution is 0.0607. The lowest BCUT2D eigenvalue weighted by Gasteiger charge is -2.38. The smallest absolute Gasteiger partial charge is 0.257 e. The normalized spacial score (nSPS) is 16.7. The van der Waals surface area contributed by atoms with E-state index in [1.807, 2.05) is 48.5 Å². The molecule has 1 aliphatic heterocycles. The Bertz CT molecular complexity index is 702. The van der Waals surface area contributed by atoms with Gasteiger partial charge in [-0.25, -0.2) is 0 Å². The van der Waals surface area contributed by atoms with E-state index in [2.05, 4.69) is 5.32 Å². The first kappa shape index (κ1) is 15.4. The predicted molar refractivity (Wildman–Crippen MR) is 88.7 cm³/mol. The molecule has 5 heteroatoms. The fourth-order valence-electron chi connectivity index (χ4n) is 2.85. The second-order valence-electron chi connectivity index (χ2n) is 5.33.